The first-order valence-corrected chi connectivity index (χ1v) is 15.2. The van der Waals surface area contributed by atoms with E-state index in [9.17, 15) is 18.0 Å². The number of hydrogen-bond acceptors (Lipinski definition) is 5. The predicted molar refractivity (Wildman–Crippen MR) is 159 cm³/mol. The van der Waals surface area contributed by atoms with Crippen molar-refractivity contribution in [1.82, 2.24) is 10.2 Å². The molecule has 0 aliphatic heterocycles. The molecule has 1 N–H and O–H groups in total. The maximum Gasteiger partial charge on any atom is 0.244 e. The lowest BCUT2D eigenvalue weighted by molar-refractivity contribution is -0.140. The number of hydrogen-bond donors (Lipinski definition) is 1. The van der Waals surface area contributed by atoms with Gasteiger partial charge < -0.3 is 15.0 Å². The fraction of sp³-hybridized carbons (Fsp3) is 0.310. The average Bonchev–Trinajstić information content (AvgIpc) is 2.90. The van der Waals surface area contributed by atoms with E-state index >= 15 is 0 Å². The molecule has 11 heteroatoms. The number of anilines is 1. The number of nitrogens with zero attached hydrogens (tertiary/aromatic N) is 2. The van der Waals surface area contributed by atoms with Gasteiger partial charge in [0, 0.05) is 19.0 Å². The highest BCUT2D eigenvalue weighted by Crippen LogP contribution is 2.26. The van der Waals surface area contributed by atoms with Crippen molar-refractivity contribution >= 4 is 50.7 Å². The molecule has 3 aromatic carbocycles. The number of methoxy groups -OCH3 is 1. The number of sulfonamides is 1. The number of carbonyl (C=O) groups is 2. The Balaban J connectivity index is 2.06. The molecule has 0 aliphatic carbocycles. The van der Waals surface area contributed by atoms with Crippen LogP contribution in [0.25, 0.3) is 0 Å². The smallest absolute Gasteiger partial charge is 0.244 e. The summed E-state index contributed by atoms with van der Waals surface area (Å²) in [5.41, 5.74) is 1.76. The fourth-order valence-corrected chi connectivity index (χ4v) is 5.30. The van der Waals surface area contributed by atoms with E-state index < -0.39 is 28.5 Å². The van der Waals surface area contributed by atoms with Crippen molar-refractivity contribution in [3.63, 3.8) is 0 Å². The average molecular weight is 607 g/mol. The molecule has 0 spiro atoms. The van der Waals surface area contributed by atoms with Crippen LogP contribution >= 0.6 is 23.2 Å². The van der Waals surface area contributed by atoms with Crippen molar-refractivity contribution in [2.75, 3.05) is 24.2 Å². The van der Waals surface area contributed by atoms with Crippen molar-refractivity contribution in [3.05, 3.63) is 94.0 Å². The SMILES string of the molecule is COc1ccc(N(CC(=O)N(Cc2ccc(Cl)c(Cl)c2)[C@H](Cc2ccccc2)C(=O)NC(C)C)S(C)(=O)=O)cc1. The summed E-state index contributed by atoms with van der Waals surface area (Å²) in [7, 11) is -2.37. The van der Waals surface area contributed by atoms with Gasteiger partial charge in [-0.25, -0.2) is 8.42 Å². The molecule has 3 aromatic rings. The zero-order valence-electron chi connectivity index (χ0n) is 22.8. The van der Waals surface area contributed by atoms with Crippen molar-refractivity contribution in [1.29, 1.82) is 0 Å². The fourth-order valence-electron chi connectivity index (χ4n) is 4.13. The number of halogens is 2. The summed E-state index contributed by atoms with van der Waals surface area (Å²) >= 11 is 12.4. The summed E-state index contributed by atoms with van der Waals surface area (Å²) in [5.74, 6) is -0.382. The quantitative estimate of drug-likeness (QED) is 0.316. The van der Waals surface area contributed by atoms with Crippen molar-refractivity contribution in [2.45, 2.75) is 38.9 Å². The molecule has 0 saturated heterocycles. The van der Waals surface area contributed by atoms with Gasteiger partial charge in [-0.3, -0.25) is 13.9 Å². The third-order valence-electron chi connectivity index (χ3n) is 6.08. The highest BCUT2D eigenvalue weighted by molar-refractivity contribution is 7.92. The van der Waals surface area contributed by atoms with Gasteiger partial charge in [-0.05, 0) is 61.4 Å². The molecule has 0 aliphatic rings. The molecule has 40 heavy (non-hydrogen) atoms. The second-order valence-electron chi connectivity index (χ2n) is 9.61. The minimum Gasteiger partial charge on any atom is -0.497 e. The van der Waals surface area contributed by atoms with Gasteiger partial charge in [0.15, 0.2) is 0 Å². The van der Waals surface area contributed by atoms with E-state index in [2.05, 4.69) is 5.32 Å². The Morgan fingerprint density at radius 1 is 0.925 bits per heavy atom. The van der Waals surface area contributed by atoms with Gasteiger partial charge in [0.25, 0.3) is 0 Å². The number of nitrogens with one attached hydrogen (secondary N) is 1. The topological polar surface area (TPSA) is 96.0 Å². The van der Waals surface area contributed by atoms with Crippen LogP contribution in [-0.2, 0) is 32.6 Å². The highest BCUT2D eigenvalue weighted by atomic mass is 35.5. The molecule has 0 unspecified atom stereocenters. The van der Waals surface area contributed by atoms with Gasteiger partial charge in [-0.1, -0.05) is 59.6 Å². The second-order valence-corrected chi connectivity index (χ2v) is 12.3. The van der Waals surface area contributed by atoms with Crippen LogP contribution in [-0.4, -0.2) is 57.1 Å². The minimum atomic E-state index is -3.87. The normalized spacial score (nSPS) is 12.1. The second kappa shape index (κ2) is 13.9. The monoisotopic (exact) mass is 605 g/mol. The van der Waals surface area contributed by atoms with Crippen molar-refractivity contribution in [3.8, 4) is 5.75 Å². The van der Waals surface area contributed by atoms with Crippen LogP contribution in [0.2, 0.25) is 10.0 Å². The molecule has 1 atom stereocenters. The summed E-state index contributed by atoms with van der Waals surface area (Å²) in [6.07, 6.45) is 1.24. The molecule has 8 nitrogen and oxygen atoms in total. The molecule has 0 saturated carbocycles. The van der Waals surface area contributed by atoms with E-state index in [4.69, 9.17) is 27.9 Å². The third kappa shape index (κ3) is 8.61. The van der Waals surface area contributed by atoms with Crippen molar-refractivity contribution in [2.24, 2.45) is 0 Å². The summed E-state index contributed by atoms with van der Waals surface area (Å²) in [6.45, 7) is 3.14. The van der Waals surface area contributed by atoms with Crippen LogP contribution in [0, 0.1) is 0 Å². The number of carbonyl (C=O) groups excluding carboxylic acids is 2. The van der Waals surface area contributed by atoms with E-state index in [1.807, 2.05) is 44.2 Å². The first-order chi connectivity index (χ1) is 18.9. The first kappa shape index (κ1) is 31.3. The minimum absolute atomic E-state index is 0.00104. The van der Waals surface area contributed by atoms with E-state index in [1.54, 1.807) is 42.5 Å². The number of amides is 2. The van der Waals surface area contributed by atoms with Crippen molar-refractivity contribution < 1.29 is 22.7 Å². The van der Waals surface area contributed by atoms with Gasteiger partial charge >= 0.3 is 0 Å². The predicted octanol–water partition coefficient (Wildman–Crippen LogP) is 4.93. The Morgan fingerprint density at radius 3 is 2.12 bits per heavy atom. The summed E-state index contributed by atoms with van der Waals surface area (Å²) < 4.78 is 31.9. The van der Waals surface area contributed by atoms with Gasteiger partial charge in [0.05, 0.1) is 29.1 Å². The largest absolute Gasteiger partial charge is 0.497 e. The van der Waals surface area contributed by atoms with E-state index in [-0.39, 0.29) is 30.6 Å². The molecule has 0 radical (unpaired) electrons. The van der Waals surface area contributed by atoms with Crippen LogP contribution in [0.3, 0.4) is 0 Å². The maximum atomic E-state index is 14.0. The van der Waals surface area contributed by atoms with E-state index in [1.165, 1.54) is 12.0 Å². The van der Waals surface area contributed by atoms with Gasteiger partial charge in [0.1, 0.15) is 18.3 Å². The van der Waals surface area contributed by atoms with Crippen LogP contribution in [0.1, 0.15) is 25.0 Å². The molecule has 0 aromatic heterocycles. The van der Waals surface area contributed by atoms with Crippen LogP contribution in [0.5, 0.6) is 5.75 Å². The third-order valence-corrected chi connectivity index (χ3v) is 7.96. The molecule has 2 amide bonds. The number of rotatable bonds is 12. The Bertz CT molecular complexity index is 1420. The van der Waals surface area contributed by atoms with Crippen LogP contribution in [0.4, 0.5) is 5.69 Å². The lowest BCUT2D eigenvalue weighted by atomic mass is 10.0. The molecule has 0 heterocycles. The molecular weight excluding hydrogens is 573 g/mol. The number of ether oxygens (including phenoxy) is 1. The number of benzene rings is 3. The summed E-state index contributed by atoms with van der Waals surface area (Å²) in [4.78, 5) is 29.0. The van der Waals surface area contributed by atoms with Gasteiger partial charge in [-0.2, -0.15) is 0 Å². The molecule has 0 fully saturated rings. The maximum absolute atomic E-state index is 14.0. The van der Waals surface area contributed by atoms with Crippen LogP contribution in [0.15, 0.2) is 72.8 Å². The van der Waals surface area contributed by atoms with Crippen LogP contribution < -0.4 is 14.4 Å². The zero-order chi connectivity index (χ0) is 29.4. The Labute approximate surface area is 245 Å². The Hall–Kier alpha value is -3.27. The van der Waals surface area contributed by atoms with E-state index in [0.29, 0.717) is 21.4 Å². The molecule has 3 rings (SSSR count). The Morgan fingerprint density at radius 2 is 1.57 bits per heavy atom. The zero-order valence-corrected chi connectivity index (χ0v) is 25.1. The van der Waals surface area contributed by atoms with E-state index in [0.717, 1.165) is 16.1 Å². The molecular formula is C29H33Cl2N3O5S. The molecule has 0 bridgehead atoms. The van der Waals surface area contributed by atoms with Gasteiger partial charge in [0.2, 0.25) is 21.8 Å². The summed E-state index contributed by atoms with van der Waals surface area (Å²) in [5, 5.41) is 3.56. The molecule has 214 valence electrons. The highest BCUT2D eigenvalue weighted by Gasteiger charge is 2.33. The van der Waals surface area contributed by atoms with Gasteiger partial charge in [-0.15, -0.1) is 0 Å². The lowest BCUT2D eigenvalue weighted by Gasteiger charge is -2.34. The lowest BCUT2D eigenvalue weighted by Crippen LogP contribution is -2.54. The first-order valence-electron chi connectivity index (χ1n) is 12.6. The Kier molecular flexibility index (Phi) is 10.8. The summed E-state index contributed by atoms with van der Waals surface area (Å²) in [6, 6.07) is 19.5. The standard InChI is InChI=1S/C29H33Cl2N3O5S/c1-20(2)32-29(36)27(17-21-8-6-5-7-9-21)33(18-22-10-15-25(30)26(31)16-22)28(35)19-34(40(4,37)38)23-11-13-24(39-3)14-12-23/h5-16,20,27H,17-19H2,1-4H3,(H,32,36)/t27-/m1/s1.